The number of carbonyl (C=O) groups is 3. The number of nitrogens with zero attached hydrogens (tertiary/aromatic N) is 1. The molecule has 0 heterocycles. The van der Waals surface area contributed by atoms with Crippen LogP contribution in [0.2, 0.25) is 0 Å². The Kier molecular flexibility index (Phi) is 11.6. The quantitative estimate of drug-likeness (QED) is 0.137. The van der Waals surface area contributed by atoms with Crippen LogP contribution in [0.3, 0.4) is 0 Å². The van der Waals surface area contributed by atoms with Gasteiger partial charge in [-0.2, -0.15) is 0 Å². The van der Waals surface area contributed by atoms with Gasteiger partial charge in [0, 0.05) is 18.7 Å². The van der Waals surface area contributed by atoms with Crippen molar-refractivity contribution in [2.45, 2.75) is 84.9 Å². The molecule has 47 heavy (non-hydrogen) atoms. The smallest absolute Gasteiger partial charge is 0.408 e. The highest BCUT2D eigenvalue weighted by molar-refractivity contribution is 6.00. The molecule has 3 amide bonds. The van der Waals surface area contributed by atoms with Gasteiger partial charge in [0.15, 0.2) is 0 Å². The van der Waals surface area contributed by atoms with Crippen molar-refractivity contribution in [3.63, 3.8) is 0 Å². The molecule has 0 aliphatic heterocycles. The molecule has 2 atom stereocenters. The van der Waals surface area contributed by atoms with E-state index in [2.05, 4.69) is 17.6 Å². The minimum Gasteiger partial charge on any atom is -0.508 e. The zero-order chi connectivity index (χ0) is 34.1. The zero-order valence-electron chi connectivity index (χ0n) is 28.3. The first-order chi connectivity index (χ1) is 22.3. The maximum Gasteiger partial charge on any atom is 0.408 e. The third kappa shape index (κ3) is 9.82. The zero-order valence-corrected chi connectivity index (χ0v) is 28.3. The molecule has 0 fully saturated rings. The summed E-state index contributed by atoms with van der Waals surface area (Å²) in [5.74, 6) is -0.663. The second-order valence-corrected chi connectivity index (χ2v) is 13.1. The predicted molar refractivity (Wildman–Crippen MR) is 187 cm³/mol. The number of phenolic OH excluding ortho intramolecular Hbond substituents is 1. The molecule has 0 bridgehead atoms. The number of phenols is 1. The van der Waals surface area contributed by atoms with Gasteiger partial charge in [0.1, 0.15) is 23.4 Å². The molecule has 4 aromatic rings. The minimum absolute atomic E-state index is 0.0955. The number of fused-ring (bicyclic) bond motifs is 1. The van der Waals surface area contributed by atoms with Crippen LogP contribution in [0.15, 0.2) is 84.9 Å². The van der Waals surface area contributed by atoms with Crippen molar-refractivity contribution in [2.24, 2.45) is 0 Å². The summed E-state index contributed by atoms with van der Waals surface area (Å²) in [5.41, 5.74) is 3.32. The van der Waals surface area contributed by atoms with Crippen LogP contribution in [-0.2, 0) is 20.7 Å². The first-order valence-electron chi connectivity index (χ1n) is 16.3. The first-order valence-corrected chi connectivity index (χ1v) is 16.3. The topological polar surface area (TPSA) is 108 Å². The molecule has 0 saturated heterocycles. The number of aryl methyl sites for hydroxylation is 2. The fraction of sp³-hybridized carbons (Fsp3) is 0.359. The summed E-state index contributed by atoms with van der Waals surface area (Å²) in [6.45, 7) is 11.6. The molecule has 0 aromatic heterocycles. The van der Waals surface area contributed by atoms with Gasteiger partial charge >= 0.3 is 6.09 Å². The van der Waals surface area contributed by atoms with Crippen molar-refractivity contribution >= 4 is 34.4 Å². The molecular weight excluding hydrogens is 590 g/mol. The molecule has 0 radical (unpaired) electrons. The lowest BCUT2D eigenvalue weighted by molar-refractivity contribution is -0.140. The van der Waals surface area contributed by atoms with Gasteiger partial charge in [0.25, 0.3) is 5.91 Å². The van der Waals surface area contributed by atoms with Crippen LogP contribution < -0.4 is 10.6 Å². The first kappa shape index (κ1) is 35.0. The van der Waals surface area contributed by atoms with Crippen LogP contribution in [0.1, 0.15) is 75.3 Å². The van der Waals surface area contributed by atoms with E-state index in [9.17, 15) is 19.5 Å². The second kappa shape index (κ2) is 15.6. The maximum absolute atomic E-state index is 14.7. The maximum atomic E-state index is 14.7. The van der Waals surface area contributed by atoms with E-state index in [0.717, 1.165) is 40.3 Å². The summed E-state index contributed by atoms with van der Waals surface area (Å²) in [5, 5.41) is 17.8. The average molecular weight is 638 g/mol. The monoisotopic (exact) mass is 637 g/mol. The van der Waals surface area contributed by atoms with Crippen LogP contribution in [0, 0.1) is 13.8 Å². The Bertz CT molecular complexity index is 1690. The summed E-state index contributed by atoms with van der Waals surface area (Å²) in [6, 6.07) is 23.9. The highest BCUT2D eigenvalue weighted by Crippen LogP contribution is 2.28. The lowest BCUT2D eigenvalue weighted by Crippen LogP contribution is -2.53. The van der Waals surface area contributed by atoms with Gasteiger partial charge in [0.05, 0.1) is 0 Å². The summed E-state index contributed by atoms with van der Waals surface area (Å²) in [4.78, 5) is 43.8. The Labute approximate surface area is 278 Å². The molecular formula is C39H47N3O5. The third-order valence-electron chi connectivity index (χ3n) is 8.07. The number of amides is 3. The van der Waals surface area contributed by atoms with E-state index in [1.54, 1.807) is 37.8 Å². The van der Waals surface area contributed by atoms with Crippen LogP contribution in [-0.4, -0.2) is 46.1 Å². The van der Waals surface area contributed by atoms with Crippen molar-refractivity contribution in [2.75, 3.05) is 11.9 Å². The molecule has 3 N–H and O–H groups in total. The summed E-state index contributed by atoms with van der Waals surface area (Å²) >= 11 is 0. The number of hydrogen-bond donors (Lipinski definition) is 3. The van der Waals surface area contributed by atoms with E-state index in [-0.39, 0.29) is 18.1 Å². The highest BCUT2D eigenvalue weighted by atomic mass is 16.6. The predicted octanol–water partition coefficient (Wildman–Crippen LogP) is 8.00. The number of hydrogen-bond acceptors (Lipinski definition) is 5. The Morgan fingerprint density at radius 1 is 0.851 bits per heavy atom. The van der Waals surface area contributed by atoms with Crippen LogP contribution in [0.5, 0.6) is 5.75 Å². The molecule has 8 heteroatoms. The molecule has 4 aromatic carbocycles. The van der Waals surface area contributed by atoms with E-state index in [4.69, 9.17) is 4.74 Å². The number of ether oxygens (including phenoxy) is 1. The van der Waals surface area contributed by atoms with Crippen molar-refractivity contribution in [1.82, 2.24) is 10.2 Å². The summed E-state index contributed by atoms with van der Waals surface area (Å²) < 4.78 is 5.55. The minimum atomic E-state index is -1.04. The van der Waals surface area contributed by atoms with Gasteiger partial charge in [-0.05, 0) is 98.3 Å². The average Bonchev–Trinajstić information content (AvgIpc) is 3.01. The Morgan fingerprint density at radius 3 is 2.21 bits per heavy atom. The van der Waals surface area contributed by atoms with Gasteiger partial charge in [-0.1, -0.05) is 80.4 Å². The molecule has 0 aliphatic rings. The lowest BCUT2D eigenvalue weighted by atomic mass is 9.97. The SMILES string of the molecule is CCCCCN(C(=O)C(Cc1ccc(O)cc1)NC(=O)OC(C)(C)C)C(C(=O)Nc1ccc2ccccc2c1)c1ccc(C)c(C)c1. The highest BCUT2D eigenvalue weighted by Gasteiger charge is 2.36. The van der Waals surface area contributed by atoms with Crippen molar-refractivity contribution < 1.29 is 24.2 Å². The molecule has 0 saturated carbocycles. The molecule has 0 spiro atoms. The van der Waals surface area contributed by atoms with E-state index >= 15 is 0 Å². The number of benzene rings is 4. The van der Waals surface area contributed by atoms with Gasteiger partial charge in [0.2, 0.25) is 5.91 Å². The number of aromatic hydroxyl groups is 1. The van der Waals surface area contributed by atoms with Gasteiger partial charge in [-0.25, -0.2) is 4.79 Å². The van der Waals surface area contributed by atoms with Gasteiger partial charge in [-0.3, -0.25) is 9.59 Å². The largest absolute Gasteiger partial charge is 0.508 e. The number of alkyl carbamates (subject to hydrolysis) is 1. The summed E-state index contributed by atoms with van der Waals surface area (Å²) in [6.07, 6.45) is 1.86. The van der Waals surface area contributed by atoms with E-state index < -0.39 is 29.7 Å². The van der Waals surface area contributed by atoms with Gasteiger partial charge in [-0.15, -0.1) is 0 Å². The Hall–Kier alpha value is -4.85. The number of nitrogens with one attached hydrogen (secondary N) is 2. The number of carbonyl (C=O) groups excluding carboxylic acids is 3. The van der Waals surface area contributed by atoms with Crippen molar-refractivity contribution in [3.05, 3.63) is 107 Å². The second-order valence-electron chi connectivity index (χ2n) is 13.1. The van der Waals surface area contributed by atoms with Crippen molar-refractivity contribution in [1.29, 1.82) is 0 Å². The Balaban J connectivity index is 1.77. The molecule has 4 rings (SSSR count). The van der Waals surface area contributed by atoms with E-state index in [1.165, 1.54) is 12.1 Å². The van der Waals surface area contributed by atoms with E-state index in [1.807, 2.05) is 74.5 Å². The molecule has 2 unspecified atom stereocenters. The standard InChI is InChI=1S/C39H47N3O5/c1-7-8-11-22-42(37(45)34(41-38(46)47-39(4,5)6)24-28-15-20-33(43)21-16-28)35(31-17-14-26(2)27(3)23-31)36(44)40-32-19-18-29-12-9-10-13-30(29)25-32/h9-10,12-21,23,25,34-35,43H,7-8,11,22,24H2,1-6H3,(H,40,44)(H,41,46). The fourth-order valence-corrected chi connectivity index (χ4v) is 5.50. The molecule has 248 valence electrons. The lowest BCUT2D eigenvalue weighted by Gasteiger charge is -2.35. The molecule has 8 nitrogen and oxygen atoms in total. The fourth-order valence-electron chi connectivity index (χ4n) is 5.50. The normalized spacial score (nSPS) is 12.6. The number of unbranched alkanes of at least 4 members (excludes halogenated alkanes) is 2. The van der Waals surface area contributed by atoms with Crippen LogP contribution in [0.25, 0.3) is 10.8 Å². The van der Waals surface area contributed by atoms with Crippen LogP contribution >= 0.6 is 0 Å². The third-order valence-corrected chi connectivity index (χ3v) is 8.07. The molecule has 0 aliphatic carbocycles. The number of rotatable bonds is 12. The number of anilines is 1. The van der Waals surface area contributed by atoms with Crippen molar-refractivity contribution in [3.8, 4) is 5.75 Å². The van der Waals surface area contributed by atoms with E-state index in [0.29, 0.717) is 24.2 Å². The Morgan fingerprint density at radius 2 is 1.55 bits per heavy atom. The van der Waals surface area contributed by atoms with Gasteiger partial charge < -0.3 is 25.4 Å². The summed E-state index contributed by atoms with van der Waals surface area (Å²) in [7, 11) is 0. The van der Waals surface area contributed by atoms with Crippen LogP contribution in [0.4, 0.5) is 10.5 Å².